The number of hydrogen-bond acceptors (Lipinski definition) is 4. The van der Waals surface area contributed by atoms with Gasteiger partial charge in [-0.2, -0.15) is 0 Å². The molecule has 1 aromatic rings. The minimum absolute atomic E-state index is 0.214. The van der Waals surface area contributed by atoms with Crippen LogP contribution in [0.4, 0.5) is 4.39 Å². The molecule has 1 fully saturated rings. The average Bonchev–Trinajstić information content (AvgIpc) is 2.49. The molecule has 1 N–H and O–H groups in total. The van der Waals surface area contributed by atoms with Gasteiger partial charge in [-0.15, -0.1) is 0 Å². The Morgan fingerprint density at radius 2 is 2.14 bits per heavy atom. The monoisotopic (exact) mass is 310 g/mol. The van der Waals surface area contributed by atoms with E-state index < -0.39 is 0 Å². The first-order chi connectivity index (χ1) is 10.5. The Morgan fingerprint density at radius 3 is 2.77 bits per heavy atom. The maximum absolute atomic E-state index is 13.5. The van der Waals surface area contributed by atoms with Gasteiger partial charge < -0.3 is 9.84 Å². The van der Waals surface area contributed by atoms with Gasteiger partial charge in [-0.25, -0.2) is 4.39 Å². The molecule has 0 unspecified atom stereocenters. The van der Waals surface area contributed by atoms with Crippen molar-refractivity contribution in [3.63, 3.8) is 0 Å². The summed E-state index contributed by atoms with van der Waals surface area (Å²) in [4.78, 5) is 4.82. The van der Waals surface area contributed by atoms with Gasteiger partial charge in [0.2, 0.25) is 0 Å². The van der Waals surface area contributed by atoms with Crippen LogP contribution in [0.15, 0.2) is 18.2 Å². The van der Waals surface area contributed by atoms with Crippen LogP contribution in [0.1, 0.15) is 25.8 Å². The van der Waals surface area contributed by atoms with Crippen molar-refractivity contribution in [2.24, 2.45) is 0 Å². The van der Waals surface area contributed by atoms with Gasteiger partial charge in [0.25, 0.3) is 0 Å². The van der Waals surface area contributed by atoms with Crippen LogP contribution in [0, 0.1) is 5.82 Å². The fraction of sp³-hybridized carbons (Fsp3) is 0.647. The van der Waals surface area contributed by atoms with Crippen molar-refractivity contribution >= 4 is 0 Å². The molecule has 1 aliphatic rings. The smallest absolute Gasteiger partial charge is 0.165 e. The molecule has 22 heavy (non-hydrogen) atoms. The van der Waals surface area contributed by atoms with Crippen molar-refractivity contribution in [1.29, 1.82) is 0 Å². The standard InChI is InChI=1S/C17H27FN2O2/c1-13(2)20-8-7-19(12-15(20)6-9-21)11-14-4-5-16(18)17(10-14)22-3/h4-5,10,13,15,21H,6-9,11-12H2,1-3H3/t15-/m0/s1. The molecule has 0 aromatic heterocycles. The first-order valence-electron chi connectivity index (χ1n) is 7.96. The summed E-state index contributed by atoms with van der Waals surface area (Å²) < 4.78 is 18.5. The van der Waals surface area contributed by atoms with Crippen molar-refractivity contribution < 1.29 is 14.2 Å². The minimum atomic E-state index is -0.325. The first-order valence-corrected chi connectivity index (χ1v) is 7.96. The number of benzene rings is 1. The van der Waals surface area contributed by atoms with Crippen LogP contribution >= 0.6 is 0 Å². The minimum Gasteiger partial charge on any atom is -0.494 e. The lowest BCUT2D eigenvalue weighted by molar-refractivity contribution is 0.0349. The van der Waals surface area contributed by atoms with Crippen molar-refractivity contribution in [2.45, 2.75) is 38.9 Å². The number of rotatable bonds is 6. The van der Waals surface area contributed by atoms with Crippen LogP contribution in [0.25, 0.3) is 0 Å². The predicted octanol–water partition coefficient (Wildman–Crippen LogP) is 2.11. The van der Waals surface area contributed by atoms with Gasteiger partial charge in [-0.3, -0.25) is 9.80 Å². The molecule has 2 rings (SSSR count). The number of aliphatic hydroxyl groups excluding tert-OH is 1. The second-order valence-electron chi connectivity index (χ2n) is 6.20. The van der Waals surface area contributed by atoms with Crippen molar-refractivity contribution in [3.8, 4) is 5.75 Å². The average molecular weight is 310 g/mol. The fourth-order valence-electron chi connectivity index (χ4n) is 3.22. The van der Waals surface area contributed by atoms with Gasteiger partial charge in [0.1, 0.15) is 0 Å². The van der Waals surface area contributed by atoms with Gasteiger partial charge in [-0.1, -0.05) is 6.07 Å². The van der Waals surface area contributed by atoms with Crippen LogP contribution in [-0.2, 0) is 6.54 Å². The molecule has 0 spiro atoms. The fourth-order valence-corrected chi connectivity index (χ4v) is 3.22. The molecular formula is C17H27FN2O2. The third kappa shape index (κ3) is 4.18. The zero-order valence-electron chi connectivity index (χ0n) is 13.8. The Labute approximate surface area is 132 Å². The summed E-state index contributed by atoms with van der Waals surface area (Å²) in [5.74, 6) is -0.0285. The lowest BCUT2D eigenvalue weighted by Crippen LogP contribution is -2.55. The van der Waals surface area contributed by atoms with E-state index in [0.29, 0.717) is 17.8 Å². The number of ether oxygens (including phenoxy) is 1. The maximum Gasteiger partial charge on any atom is 0.165 e. The first kappa shape index (κ1) is 17.2. The highest BCUT2D eigenvalue weighted by Crippen LogP contribution is 2.22. The summed E-state index contributed by atoms with van der Waals surface area (Å²) in [6.45, 7) is 8.31. The molecule has 4 nitrogen and oxygen atoms in total. The Bertz CT molecular complexity index is 482. The van der Waals surface area contributed by atoms with Crippen LogP contribution in [0.2, 0.25) is 0 Å². The molecule has 1 heterocycles. The molecule has 0 bridgehead atoms. The highest BCUT2D eigenvalue weighted by Gasteiger charge is 2.28. The van der Waals surface area contributed by atoms with E-state index in [1.165, 1.54) is 13.2 Å². The summed E-state index contributed by atoms with van der Waals surface area (Å²) in [6.07, 6.45) is 0.793. The molecular weight excluding hydrogens is 283 g/mol. The van der Waals surface area contributed by atoms with Crippen molar-refractivity contribution in [3.05, 3.63) is 29.6 Å². The number of nitrogens with zero attached hydrogens (tertiary/aromatic N) is 2. The Morgan fingerprint density at radius 1 is 1.36 bits per heavy atom. The van der Waals surface area contributed by atoms with E-state index in [1.54, 1.807) is 6.07 Å². The van der Waals surface area contributed by atoms with Crippen molar-refractivity contribution in [2.75, 3.05) is 33.4 Å². The number of aliphatic hydroxyl groups is 1. The lowest BCUT2D eigenvalue weighted by atomic mass is 10.1. The van der Waals surface area contributed by atoms with Crippen LogP contribution in [-0.4, -0.2) is 60.3 Å². The molecule has 124 valence electrons. The predicted molar refractivity (Wildman–Crippen MR) is 85.6 cm³/mol. The Kier molecular flexibility index (Phi) is 6.17. The lowest BCUT2D eigenvalue weighted by Gasteiger charge is -2.43. The number of halogens is 1. The molecule has 0 saturated carbocycles. The highest BCUT2D eigenvalue weighted by atomic mass is 19.1. The number of hydrogen-bond donors (Lipinski definition) is 1. The zero-order chi connectivity index (χ0) is 16.1. The number of piperazine rings is 1. The molecule has 0 radical (unpaired) electrons. The van der Waals surface area contributed by atoms with E-state index in [-0.39, 0.29) is 12.4 Å². The van der Waals surface area contributed by atoms with E-state index in [2.05, 4.69) is 23.6 Å². The SMILES string of the molecule is COc1cc(CN2CCN(C(C)C)[C@@H](CCO)C2)ccc1F. The third-order valence-electron chi connectivity index (χ3n) is 4.36. The van der Waals surface area contributed by atoms with E-state index in [1.807, 2.05) is 6.07 Å². The van der Waals surface area contributed by atoms with Crippen LogP contribution in [0.3, 0.4) is 0 Å². The third-order valence-corrected chi connectivity index (χ3v) is 4.36. The Balaban J connectivity index is 2.01. The summed E-state index contributed by atoms with van der Waals surface area (Å²) >= 11 is 0. The number of methoxy groups -OCH3 is 1. The summed E-state index contributed by atoms with van der Waals surface area (Å²) in [5, 5.41) is 9.29. The van der Waals surface area contributed by atoms with E-state index in [9.17, 15) is 9.50 Å². The summed E-state index contributed by atoms with van der Waals surface area (Å²) in [5.41, 5.74) is 1.05. The topological polar surface area (TPSA) is 35.9 Å². The molecule has 1 aromatic carbocycles. The second kappa shape index (κ2) is 7.90. The molecule has 1 aliphatic heterocycles. The quantitative estimate of drug-likeness (QED) is 0.873. The van der Waals surface area contributed by atoms with Gasteiger partial charge in [0.15, 0.2) is 11.6 Å². The van der Waals surface area contributed by atoms with Gasteiger partial charge in [0.05, 0.1) is 7.11 Å². The molecule has 5 heteroatoms. The van der Waals surface area contributed by atoms with Gasteiger partial charge >= 0.3 is 0 Å². The van der Waals surface area contributed by atoms with E-state index in [4.69, 9.17) is 4.74 Å². The summed E-state index contributed by atoms with van der Waals surface area (Å²) in [7, 11) is 1.49. The maximum atomic E-state index is 13.5. The molecule has 0 aliphatic carbocycles. The van der Waals surface area contributed by atoms with Crippen LogP contribution < -0.4 is 4.74 Å². The van der Waals surface area contributed by atoms with E-state index in [0.717, 1.165) is 38.2 Å². The second-order valence-corrected chi connectivity index (χ2v) is 6.20. The zero-order valence-corrected chi connectivity index (χ0v) is 13.8. The van der Waals surface area contributed by atoms with Gasteiger partial charge in [-0.05, 0) is 38.0 Å². The van der Waals surface area contributed by atoms with Crippen molar-refractivity contribution in [1.82, 2.24) is 9.80 Å². The highest BCUT2D eigenvalue weighted by molar-refractivity contribution is 5.30. The summed E-state index contributed by atoms with van der Waals surface area (Å²) in [6, 6.07) is 5.91. The molecule has 1 atom stereocenters. The molecule has 1 saturated heterocycles. The largest absolute Gasteiger partial charge is 0.494 e. The van der Waals surface area contributed by atoms with Gasteiger partial charge in [0, 0.05) is 44.9 Å². The van der Waals surface area contributed by atoms with Crippen LogP contribution in [0.5, 0.6) is 5.75 Å². The van der Waals surface area contributed by atoms with E-state index >= 15 is 0 Å². The molecule has 0 amide bonds. The normalized spacial score (nSPS) is 20.5. The Hall–Kier alpha value is -1.17.